The van der Waals surface area contributed by atoms with Crippen LogP contribution in [0.15, 0.2) is 42.5 Å². The normalized spacial score (nSPS) is 10.1. The monoisotopic (exact) mass is 357 g/mol. The number of aryl methyl sites for hydroxylation is 2. The fourth-order valence-electron chi connectivity index (χ4n) is 2.17. The molecule has 0 aliphatic carbocycles. The Kier molecular flexibility index (Phi) is 6.36. The highest BCUT2D eigenvalue weighted by Gasteiger charge is 2.08. The summed E-state index contributed by atoms with van der Waals surface area (Å²) in [5.74, 6) is 0.400. The maximum atomic E-state index is 12.0. The van der Waals surface area contributed by atoms with Crippen LogP contribution in [-0.2, 0) is 4.79 Å². The number of rotatable bonds is 5. The zero-order valence-electron chi connectivity index (χ0n) is 14.9. The van der Waals surface area contributed by atoms with Crippen molar-refractivity contribution in [1.29, 1.82) is 0 Å². The third kappa shape index (κ3) is 5.76. The molecule has 0 saturated heterocycles. The Morgan fingerprint density at radius 2 is 1.80 bits per heavy atom. The van der Waals surface area contributed by atoms with Crippen molar-refractivity contribution >= 4 is 34.6 Å². The van der Waals surface area contributed by atoms with Crippen LogP contribution in [0.3, 0.4) is 0 Å². The summed E-state index contributed by atoms with van der Waals surface area (Å²) in [5, 5.41) is 5.84. The number of nitrogens with zero attached hydrogens (tertiary/aromatic N) is 1. The maximum absolute atomic E-state index is 12.0. The Labute approximate surface area is 154 Å². The lowest BCUT2D eigenvalue weighted by Gasteiger charge is -2.14. The van der Waals surface area contributed by atoms with E-state index in [1.54, 1.807) is 0 Å². The summed E-state index contributed by atoms with van der Waals surface area (Å²) in [6.07, 6.45) is 0. The smallest absolute Gasteiger partial charge is 0.264 e. The van der Waals surface area contributed by atoms with E-state index in [0.29, 0.717) is 5.75 Å². The topological polar surface area (TPSA) is 53.6 Å². The summed E-state index contributed by atoms with van der Waals surface area (Å²) < 4.78 is 5.57. The number of anilines is 2. The third-order valence-corrected chi connectivity index (χ3v) is 3.80. The van der Waals surface area contributed by atoms with Crippen LogP contribution in [0.25, 0.3) is 0 Å². The van der Waals surface area contributed by atoms with Crippen molar-refractivity contribution in [2.45, 2.75) is 13.8 Å². The van der Waals surface area contributed by atoms with Gasteiger partial charge in [0.05, 0.1) is 0 Å². The molecule has 2 aromatic carbocycles. The van der Waals surface area contributed by atoms with Gasteiger partial charge in [0, 0.05) is 25.5 Å². The number of benzene rings is 2. The number of carbonyl (C=O) groups is 1. The first-order valence-electron chi connectivity index (χ1n) is 7.93. The van der Waals surface area contributed by atoms with Gasteiger partial charge >= 0.3 is 0 Å². The molecule has 0 bridgehead atoms. The summed E-state index contributed by atoms with van der Waals surface area (Å²) in [5.41, 5.74) is 3.97. The highest BCUT2D eigenvalue weighted by atomic mass is 32.1. The Balaban J connectivity index is 1.83. The zero-order valence-corrected chi connectivity index (χ0v) is 15.7. The van der Waals surface area contributed by atoms with Crippen LogP contribution in [0.1, 0.15) is 11.1 Å². The Hall–Kier alpha value is -2.60. The van der Waals surface area contributed by atoms with E-state index in [4.69, 9.17) is 17.0 Å². The molecule has 1 amide bonds. The number of ether oxygens (including phenoxy) is 1. The molecule has 0 heterocycles. The van der Waals surface area contributed by atoms with Gasteiger partial charge in [0.1, 0.15) is 5.75 Å². The molecule has 6 heteroatoms. The van der Waals surface area contributed by atoms with Crippen LogP contribution < -0.4 is 20.3 Å². The molecule has 0 aromatic heterocycles. The average molecular weight is 357 g/mol. The molecule has 0 atom stereocenters. The first-order chi connectivity index (χ1) is 11.8. The van der Waals surface area contributed by atoms with Gasteiger partial charge in [-0.25, -0.2) is 0 Å². The minimum absolute atomic E-state index is 0.0916. The van der Waals surface area contributed by atoms with Gasteiger partial charge < -0.3 is 15.0 Å². The molecule has 0 fully saturated rings. The molecule has 0 unspecified atom stereocenters. The van der Waals surface area contributed by atoms with Gasteiger partial charge in [0.2, 0.25) is 0 Å². The highest BCUT2D eigenvalue weighted by Crippen LogP contribution is 2.19. The second kappa shape index (κ2) is 8.48. The predicted octanol–water partition coefficient (Wildman–Crippen LogP) is 3.26. The lowest BCUT2D eigenvalue weighted by Crippen LogP contribution is -2.37. The summed E-state index contributed by atoms with van der Waals surface area (Å²) in [7, 11) is 3.95. The molecule has 2 rings (SSSR count). The maximum Gasteiger partial charge on any atom is 0.264 e. The van der Waals surface area contributed by atoms with Gasteiger partial charge in [-0.1, -0.05) is 12.1 Å². The average Bonchev–Trinajstić information content (AvgIpc) is 2.56. The van der Waals surface area contributed by atoms with E-state index >= 15 is 0 Å². The number of hydrogen-bond acceptors (Lipinski definition) is 4. The molecule has 25 heavy (non-hydrogen) atoms. The van der Waals surface area contributed by atoms with E-state index in [-0.39, 0.29) is 17.6 Å². The first-order valence-corrected chi connectivity index (χ1v) is 8.34. The minimum atomic E-state index is -0.302. The van der Waals surface area contributed by atoms with Gasteiger partial charge in [-0.3, -0.25) is 10.1 Å². The molecular formula is C19H23N3O2S. The zero-order chi connectivity index (χ0) is 18.4. The minimum Gasteiger partial charge on any atom is -0.483 e. The van der Waals surface area contributed by atoms with Crippen molar-refractivity contribution in [3.05, 3.63) is 53.6 Å². The Morgan fingerprint density at radius 3 is 2.44 bits per heavy atom. The van der Waals surface area contributed by atoms with E-state index in [1.165, 1.54) is 0 Å². The molecule has 132 valence electrons. The van der Waals surface area contributed by atoms with Crippen molar-refractivity contribution in [2.24, 2.45) is 0 Å². The first kappa shape index (κ1) is 18.7. The van der Waals surface area contributed by atoms with Gasteiger partial charge in [0.15, 0.2) is 11.7 Å². The van der Waals surface area contributed by atoms with Crippen LogP contribution in [-0.4, -0.2) is 31.7 Å². The summed E-state index contributed by atoms with van der Waals surface area (Å²) >= 11 is 5.17. The van der Waals surface area contributed by atoms with E-state index in [9.17, 15) is 4.79 Å². The Bertz CT molecular complexity index is 758. The van der Waals surface area contributed by atoms with E-state index in [1.807, 2.05) is 75.3 Å². The fourth-order valence-corrected chi connectivity index (χ4v) is 2.41. The van der Waals surface area contributed by atoms with Crippen molar-refractivity contribution in [2.75, 3.05) is 30.9 Å². The molecular weight excluding hydrogens is 334 g/mol. The Morgan fingerprint density at radius 1 is 1.12 bits per heavy atom. The van der Waals surface area contributed by atoms with Crippen LogP contribution in [0, 0.1) is 13.8 Å². The summed E-state index contributed by atoms with van der Waals surface area (Å²) in [6, 6.07) is 13.6. The molecule has 0 aliphatic rings. The number of nitrogens with one attached hydrogen (secondary N) is 2. The number of carbonyl (C=O) groups excluding carboxylic acids is 1. The van der Waals surface area contributed by atoms with E-state index < -0.39 is 0 Å². The summed E-state index contributed by atoms with van der Waals surface area (Å²) in [4.78, 5) is 14.0. The second-order valence-electron chi connectivity index (χ2n) is 6.00. The number of hydrogen-bond donors (Lipinski definition) is 2. The van der Waals surface area contributed by atoms with E-state index in [0.717, 1.165) is 22.5 Å². The second-order valence-corrected chi connectivity index (χ2v) is 6.41. The van der Waals surface area contributed by atoms with Gasteiger partial charge in [-0.2, -0.15) is 0 Å². The molecule has 0 radical (unpaired) electrons. The largest absolute Gasteiger partial charge is 0.483 e. The van der Waals surface area contributed by atoms with Crippen molar-refractivity contribution in [3.63, 3.8) is 0 Å². The SMILES string of the molecule is Cc1ccc(C)c(OCC(=O)NC(=S)Nc2ccc(N(C)C)cc2)c1. The number of amides is 1. The highest BCUT2D eigenvalue weighted by molar-refractivity contribution is 7.80. The van der Waals surface area contributed by atoms with E-state index in [2.05, 4.69) is 10.6 Å². The van der Waals surface area contributed by atoms with Crippen molar-refractivity contribution in [1.82, 2.24) is 5.32 Å². The quantitative estimate of drug-likeness (QED) is 0.805. The van der Waals surface area contributed by atoms with Crippen LogP contribution in [0.2, 0.25) is 0 Å². The number of thiocarbonyl (C=S) groups is 1. The predicted molar refractivity (Wildman–Crippen MR) is 107 cm³/mol. The van der Waals surface area contributed by atoms with Gasteiger partial charge in [0.25, 0.3) is 5.91 Å². The lowest BCUT2D eigenvalue weighted by atomic mass is 10.1. The standard InChI is InChI=1S/C19H23N3O2S/c1-13-5-6-14(2)17(11-13)24-12-18(23)21-19(25)20-15-7-9-16(10-8-15)22(3)4/h5-11H,12H2,1-4H3,(H2,20,21,23,25). The van der Waals surface area contributed by atoms with Crippen LogP contribution >= 0.6 is 12.2 Å². The summed E-state index contributed by atoms with van der Waals surface area (Å²) in [6.45, 7) is 3.83. The van der Waals surface area contributed by atoms with Crippen molar-refractivity contribution < 1.29 is 9.53 Å². The van der Waals surface area contributed by atoms with Crippen molar-refractivity contribution in [3.8, 4) is 5.75 Å². The van der Waals surface area contributed by atoms with Crippen LogP contribution in [0.5, 0.6) is 5.75 Å². The van der Waals surface area contributed by atoms with Crippen LogP contribution in [0.4, 0.5) is 11.4 Å². The molecule has 0 spiro atoms. The molecule has 2 N–H and O–H groups in total. The van der Waals surface area contributed by atoms with Gasteiger partial charge in [-0.05, 0) is 67.5 Å². The molecule has 5 nitrogen and oxygen atoms in total. The molecule has 2 aromatic rings. The molecule has 0 aliphatic heterocycles. The third-order valence-electron chi connectivity index (χ3n) is 3.60. The van der Waals surface area contributed by atoms with Gasteiger partial charge in [-0.15, -0.1) is 0 Å². The lowest BCUT2D eigenvalue weighted by molar-refractivity contribution is -0.121. The molecule has 0 saturated carbocycles. The fraction of sp³-hybridized carbons (Fsp3) is 0.263.